The Balaban J connectivity index is 2.56. The molecule has 0 aliphatic carbocycles. The van der Waals surface area contributed by atoms with E-state index in [0.29, 0.717) is 0 Å². The van der Waals surface area contributed by atoms with E-state index in [1.54, 1.807) is 0 Å². The minimum Gasteiger partial charge on any atom is -0.388 e. The molecule has 0 aromatic carbocycles. The van der Waals surface area contributed by atoms with Crippen molar-refractivity contribution in [3.63, 3.8) is 0 Å². The first kappa shape index (κ1) is 9.88. The van der Waals surface area contributed by atoms with Crippen LogP contribution in [-0.2, 0) is 14.2 Å². The molecule has 12 heavy (non-hydrogen) atoms. The van der Waals surface area contributed by atoms with Gasteiger partial charge >= 0.3 is 0 Å². The predicted molar refractivity (Wildman–Crippen MR) is 39.6 cm³/mol. The van der Waals surface area contributed by atoms with Crippen LogP contribution < -0.4 is 0 Å². The Morgan fingerprint density at radius 1 is 1.25 bits per heavy atom. The van der Waals surface area contributed by atoms with Crippen molar-refractivity contribution in [2.45, 2.75) is 24.6 Å². The van der Waals surface area contributed by atoms with Crippen LogP contribution in [0.25, 0.3) is 0 Å². The molecule has 0 aromatic heterocycles. The van der Waals surface area contributed by atoms with Crippen molar-refractivity contribution in [3.05, 3.63) is 0 Å². The third kappa shape index (κ3) is 1.75. The van der Waals surface area contributed by atoms with E-state index in [2.05, 4.69) is 0 Å². The second-order valence-corrected chi connectivity index (χ2v) is 2.70. The molecule has 0 radical (unpaired) electrons. The maximum Gasteiger partial charge on any atom is 0.185 e. The van der Waals surface area contributed by atoms with Gasteiger partial charge in [-0.2, -0.15) is 0 Å². The van der Waals surface area contributed by atoms with Gasteiger partial charge < -0.3 is 24.4 Å². The molecule has 1 fully saturated rings. The number of aliphatic hydroxyl groups is 2. The molecule has 1 aliphatic heterocycles. The lowest BCUT2D eigenvalue weighted by Crippen LogP contribution is -2.54. The van der Waals surface area contributed by atoms with Crippen LogP contribution in [0.4, 0.5) is 0 Å². The highest BCUT2D eigenvalue weighted by atomic mass is 16.7. The first-order valence-electron chi connectivity index (χ1n) is 3.74. The molecule has 0 amide bonds. The average Bonchev–Trinajstić information content (AvgIpc) is 2.06. The van der Waals surface area contributed by atoms with Crippen LogP contribution in [0.15, 0.2) is 0 Å². The molecule has 4 atom stereocenters. The molecule has 0 saturated carbocycles. The van der Waals surface area contributed by atoms with E-state index in [1.807, 2.05) is 0 Å². The highest BCUT2D eigenvalue weighted by Gasteiger charge is 2.38. The van der Waals surface area contributed by atoms with Crippen molar-refractivity contribution < 1.29 is 24.4 Å². The van der Waals surface area contributed by atoms with Crippen molar-refractivity contribution in [2.24, 2.45) is 0 Å². The van der Waals surface area contributed by atoms with Crippen LogP contribution in [-0.4, -0.2) is 55.6 Å². The third-order valence-electron chi connectivity index (χ3n) is 1.93. The maximum atomic E-state index is 9.46. The highest BCUT2D eigenvalue weighted by Crippen LogP contribution is 2.17. The summed E-state index contributed by atoms with van der Waals surface area (Å²) in [5.41, 5.74) is 0. The first-order chi connectivity index (χ1) is 5.70. The Bertz CT molecular complexity index is 140. The summed E-state index contributed by atoms with van der Waals surface area (Å²) in [7, 11) is 2.85. The predicted octanol–water partition coefficient (Wildman–Crippen LogP) is -1.27. The van der Waals surface area contributed by atoms with Crippen LogP contribution in [0.2, 0.25) is 0 Å². The standard InChI is InChI=1S/C7H14O5/c1-10-6-4(8)3-12-7(11-2)5(6)9/h4-9H,3H2,1-2H3/t4-,5-,6+,7-/m1/s1. The number of hydrogen-bond donors (Lipinski definition) is 2. The second-order valence-electron chi connectivity index (χ2n) is 2.70. The average molecular weight is 178 g/mol. The summed E-state index contributed by atoms with van der Waals surface area (Å²) >= 11 is 0. The minimum absolute atomic E-state index is 0.119. The number of methoxy groups -OCH3 is 2. The van der Waals surface area contributed by atoms with Gasteiger partial charge in [-0.25, -0.2) is 0 Å². The molecule has 0 bridgehead atoms. The molecule has 1 saturated heterocycles. The summed E-state index contributed by atoms with van der Waals surface area (Å²) in [4.78, 5) is 0. The molecule has 1 heterocycles. The van der Waals surface area contributed by atoms with E-state index in [9.17, 15) is 10.2 Å². The van der Waals surface area contributed by atoms with E-state index < -0.39 is 24.6 Å². The molecule has 0 unspecified atom stereocenters. The van der Waals surface area contributed by atoms with Gasteiger partial charge in [0, 0.05) is 14.2 Å². The zero-order valence-electron chi connectivity index (χ0n) is 7.14. The Kier molecular flexibility index (Phi) is 3.42. The van der Waals surface area contributed by atoms with Crippen molar-refractivity contribution in [2.75, 3.05) is 20.8 Å². The smallest absolute Gasteiger partial charge is 0.185 e. The van der Waals surface area contributed by atoms with Crippen LogP contribution in [0.5, 0.6) is 0 Å². The van der Waals surface area contributed by atoms with Gasteiger partial charge in [0.25, 0.3) is 0 Å². The van der Waals surface area contributed by atoms with Gasteiger partial charge in [-0.3, -0.25) is 0 Å². The van der Waals surface area contributed by atoms with Crippen molar-refractivity contribution in [1.29, 1.82) is 0 Å². The lowest BCUT2D eigenvalue weighted by atomic mass is 10.1. The molecule has 0 spiro atoms. The Morgan fingerprint density at radius 2 is 1.92 bits per heavy atom. The number of hydrogen-bond acceptors (Lipinski definition) is 5. The largest absolute Gasteiger partial charge is 0.388 e. The third-order valence-corrected chi connectivity index (χ3v) is 1.93. The van der Waals surface area contributed by atoms with Crippen LogP contribution in [0.1, 0.15) is 0 Å². The molecule has 2 N–H and O–H groups in total. The molecular weight excluding hydrogens is 164 g/mol. The van der Waals surface area contributed by atoms with Crippen molar-refractivity contribution in [3.8, 4) is 0 Å². The summed E-state index contributed by atoms with van der Waals surface area (Å²) in [5.74, 6) is 0. The lowest BCUT2D eigenvalue weighted by molar-refractivity contribution is -0.266. The summed E-state index contributed by atoms with van der Waals surface area (Å²) < 4.78 is 14.7. The van der Waals surface area contributed by atoms with Gasteiger partial charge in [0.2, 0.25) is 0 Å². The van der Waals surface area contributed by atoms with E-state index in [0.717, 1.165) is 0 Å². The van der Waals surface area contributed by atoms with E-state index >= 15 is 0 Å². The molecule has 0 aromatic rings. The fourth-order valence-corrected chi connectivity index (χ4v) is 1.27. The van der Waals surface area contributed by atoms with E-state index in [1.165, 1.54) is 14.2 Å². The maximum absolute atomic E-state index is 9.46. The van der Waals surface area contributed by atoms with Crippen LogP contribution >= 0.6 is 0 Å². The van der Waals surface area contributed by atoms with Gasteiger partial charge in [0.15, 0.2) is 6.29 Å². The van der Waals surface area contributed by atoms with Gasteiger partial charge in [-0.1, -0.05) is 0 Å². The van der Waals surface area contributed by atoms with Gasteiger partial charge in [0.1, 0.15) is 18.3 Å². The van der Waals surface area contributed by atoms with Gasteiger partial charge in [-0.05, 0) is 0 Å². The quantitative estimate of drug-likeness (QED) is 0.551. The van der Waals surface area contributed by atoms with Gasteiger partial charge in [-0.15, -0.1) is 0 Å². The Labute approximate surface area is 70.9 Å². The summed E-state index contributed by atoms with van der Waals surface area (Å²) in [6.07, 6.45) is -3.08. The normalized spacial score (nSPS) is 43.0. The number of ether oxygens (including phenoxy) is 3. The fraction of sp³-hybridized carbons (Fsp3) is 1.00. The van der Waals surface area contributed by atoms with E-state index in [4.69, 9.17) is 14.2 Å². The highest BCUT2D eigenvalue weighted by molar-refractivity contribution is 4.83. The Hall–Kier alpha value is -0.200. The molecular formula is C7H14O5. The number of aliphatic hydroxyl groups excluding tert-OH is 2. The molecule has 5 heteroatoms. The van der Waals surface area contributed by atoms with Crippen LogP contribution in [0, 0.1) is 0 Å². The number of rotatable bonds is 2. The monoisotopic (exact) mass is 178 g/mol. The topological polar surface area (TPSA) is 68.2 Å². The molecule has 1 rings (SSSR count). The zero-order chi connectivity index (χ0) is 9.14. The van der Waals surface area contributed by atoms with E-state index in [-0.39, 0.29) is 6.61 Å². The van der Waals surface area contributed by atoms with Crippen molar-refractivity contribution >= 4 is 0 Å². The fourth-order valence-electron chi connectivity index (χ4n) is 1.27. The molecule has 72 valence electrons. The first-order valence-corrected chi connectivity index (χ1v) is 3.74. The second kappa shape index (κ2) is 4.15. The summed E-state index contributed by atoms with van der Waals surface area (Å²) in [5, 5.41) is 18.8. The van der Waals surface area contributed by atoms with Crippen molar-refractivity contribution in [1.82, 2.24) is 0 Å². The molecule has 5 nitrogen and oxygen atoms in total. The van der Waals surface area contributed by atoms with Gasteiger partial charge in [0.05, 0.1) is 6.61 Å². The molecule has 1 aliphatic rings. The SMILES string of the molecule is CO[C@@H]1OC[C@@H](O)[C@H](OC)[C@H]1O. The van der Waals surface area contributed by atoms with Crippen LogP contribution in [0.3, 0.4) is 0 Å². The Morgan fingerprint density at radius 3 is 2.42 bits per heavy atom. The summed E-state index contributed by atoms with van der Waals surface area (Å²) in [6.45, 7) is 0.119. The minimum atomic E-state index is -0.941. The lowest BCUT2D eigenvalue weighted by Gasteiger charge is -2.36. The zero-order valence-corrected chi connectivity index (χ0v) is 7.14. The summed E-state index contributed by atoms with van der Waals surface area (Å²) in [6, 6.07) is 0.